The lowest BCUT2D eigenvalue weighted by Gasteiger charge is -2.12. The van der Waals surface area contributed by atoms with E-state index in [1.165, 1.54) is 18.9 Å². The Kier molecular flexibility index (Phi) is 3.51. The summed E-state index contributed by atoms with van der Waals surface area (Å²) in [7, 11) is 0. The maximum atomic E-state index is 13.3. The van der Waals surface area contributed by atoms with Crippen LogP contribution in [0.3, 0.4) is 0 Å². The van der Waals surface area contributed by atoms with Crippen LogP contribution in [0.2, 0.25) is 0 Å². The molecular weight excluding hydrogens is 212 g/mol. The lowest BCUT2D eigenvalue weighted by atomic mass is 10.1. The van der Waals surface area contributed by atoms with E-state index in [2.05, 4.69) is 5.32 Å². The fourth-order valence-corrected chi connectivity index (χ4v) is 1.63. The highest BCUT2D eigenvalue weighted by atomic mass is 19.1. The van der Waals surface area contributed by atoms with E-state index in [1.807, 2.05) is 0 Å². The Labute approximate surface area is 93.3 Å². The summed E-state index contributed by atoms with van der Waals surface area (Å²) in [6.45, 7) is 1.17. The molecule has 1 aromatic rings. The Morgan fingerprint density at radius 1 is 1.38 bits per heavy atom. The van der Waals surface area contributed by atoms with Crippen LogP contribution in [-0.4, -0.2) is 18.2 Å². The maximum absolute atomic E-state index is 13.3. The first kappa shape index (κ1) is 11.5. The van der Waals surface area contributed by atoms with Crippen molar-refractivity contribution in [2.24, 2.45) is 5.92 Å². The number of hydrogen-bond acceptors (Lipinski definition) is 2. The minimum atomic E-state index is -0.917. The number of rotatable bonds is 5. The molecule has 1 aromatic carbocycles. The minimum Gasteiger partial charge on any atom is -0.387 e. The van der Waals surface area contributed by atoms with Crippen molar-refractivity contribution in [3.63, 3.8) is 0 Å². The van der Waals surface area contributed by atoms with Crippen LogP contribution < -0.4 is 5.32 Å². The zero-order valence-corrected chi connectivity index (χ0v) is 8.92. The van der Waals surface area contributed by atoms with Crippen molar-refractivity contribution in [2.75, 3.05) is 13.1 Å². The topological polar surface area (TPSA) is 32.3 Å². The van der Waals surface area contributed by atoms with Crippen molar-refractivity contribution >= 4 is 0 Å². The molecule has 1 saturated carbocycles. The van der Waals surface area contributed by atoms with Gasteiger partial charge in [-0.3, -0.25) is 0 Å². The molecule has 2 N–H and O–H groups in total. The van der Waals surface area contributed by atoms with Gasteiger partial charge in [0.25, 0.3) is 0 Å². The quantitative estimate of drug-likeness (QED) is 0.806. The van der Waals surface area contributed by atoms with E-state index in [9.17, 15) is 13.9 Å². The Bertz CT molecular complexity index is 366. The van der Waals surface area contributed by atoms with Gasteiger partial charge in [0.2, 0.25) is 0 Å². The van der Waals surface area contributed by atoms with Gasteiger partial charge in [0.15, 0.2) is 0 Å². The van der Waals surface area contributed by atoms with Crippen LogP contribution >= 0.6 is 0 Å². The highest BCUT2D eigenvalue weighted by molar-refractivity contribution is 5.21. The maximum Gasteiger partial charge on any atom is 0.131 e. The molecule has 0 aromatic heterocycles. The molecule has 1 aliphatic rings. The molecular formula is C12H15F2NO. The van der Waals surface area contributed by atoms with Crippen LogP contribution in [0, 0.1) is 17.6 Å². The van der Waals surface area contributed by atoms with Crippen molar-refractivity contribution in [1.29, 1.82) is 0 Å². The Balaban J connectivity index is 1.88. The van der Waals surface area contributed by atoms with Crippen LogP contribution in [0.25, 0.3) is 0 Å². The third-order valence-electron chi connectivity index (χ3n) is 2.79. The van der Waals surface area contributed by atoms with Gasteiger partial charge in [0.1, 0.15) is 11.6 Å². The number of aliphatic hydroxyl groups is 1. The third kappa shape index (κ3) is 3.00. The molecule has 88 valence electrons. The van der Waals surface area contributed by atoms with Crippen LogP contribution in [0.4, 0.5) is 8.78 Å². The highest BCUT2D eigenvalue weighted by Gasteiger charge is 2.21. The van der Waals surface area contributed by atoms with E-state index >= 15 is 0 Å². The molecule has 0 aliphatic heterocycles. The first-order valence-electron chi connectivity index (χ1n) is 5.50. The Morgan fingerprint density at radius 2 is 2.12 bits per heavy atom. The second-order valence-electron chi connectivity index (χ2n) is 4.28. The number of nitrogens with one attached hydrogen (secondary N) is 1. The molecule has 0 radical (unpaired) electrons. The SMILES string of the molecule is OC(CNCC1CC1)c1ccc(F)cc1F. The van der Waals surface area contributed by atoms with Gasteiger partial charge in [-0.15, -0.1) is 0 Å². The fourth-order valence-electron chi connectivity index (χ4n) is 1.63. The second-order valence-corrected chi connectivity index (χ2v) is 4.28. The molecule has 0 saturated heterocycles. The summed E-state index contributed by atoms with van der Waals surface area (Å²) >= 11 is 0. The average Bonchev–Trinajstić information content (AvgIpc) is 3.01. The van der Waals surface area contributed by atoms with Gasteiger partial charge in [-0.2, -0.15) is 0 Å². The van der Waals surface area contributed by atoms with E-state index in [0.29, 0.717) is 12.5 Å². The number of hydrogen-bond donors (Lipinski definition) is 2. The first-order chi connectivity index (χ1) is 7.66. The first-order valence-corrected chi connectivity index (χ1v) is 5.50. The molecule has 1 aliphatic carbocycles. The predicted octanol–water partition coefficient (Wildman–Crippen LogP) is 2.00. The summed E-state index contributed by atoms with van der Waals surface area (Å²) in [5.41, 5.74) is 0.143. The summed E-state index contributed by atoms with van der Waals surface area (Å²) in [6, 6.07) is 3.23. The monoisotopic (exact) mass is 227 g/mol. The van der Waals surface area contributed by atoms with E-state index in [1.54, 1.807) is 0 Å². The van der Waals surface area contributed by atoms with E-state index in [-0.39, 0.29) is 5.56 Å². The normalized spacial score (nSPS) is 17.4. The fraction of sp³-hybridized carbons (Fsp3) is 0.500. The van der Waals surface area contributed by atoms with Gasteiger partial charge in [-0.05, 0) is 31.4 Å². The van der Waals surface area contributed by atoms with E-state index < -0.39 is 17.7 Å². The standard InChI is InChI=1S/C12H15F2NO/c13-9-3-4-10(11(14)5-9)12(16)7-15-6-8-1-2-8/h3-5,8,12,15-16H,1-2,6-7H2. The number of aliphatic hydroxyl groups excluding tert-OH is 1. The lowest BCUT2D eigenvalue weighted by molar-refractivity contribution is 0.169. The highest BCUT2D eigenvalue weighted by Crippen LogP contribution is 2.27. The van der Waals surface area contributed by atoms with Crippen molar-refractivity contribution in [1.82, 2.24) is 5.32 Å². The van der Waals surface area contributed by atoms with Gasteiger partial charge in [-0.1, -0.05) is 6.07 Å². The van der Waals surface area contributed by atoms with E-state index in [4.69, 9.17) is 0 Å². The van der Waals surface area contributed by atoms with Crippen LogP contribution in [0.1, 0.15) is 24.5 Å². The Morgan fingerprint density at radius 3 is 2.75 bits per heavy atom. The summed E-state index contributed by atoms with van der Waals surface area (Å²) in [5.74, 6) is -0.606. The molecule has 0 bridgehead atoms. The van der Waals surface area contributed by atoms with Gasteiger partial charge in [0, 0.05) is 18.2 Å². The summed E-state index contributed by atoms with van der Waals surface area (Å²) in [5, 5.41) is 12.8. The van der Waals surface area contributed by atoms with Gasteiger partial charge in [0.05, 0.1) is 6.10 Å². The van der Waals surface area contributed by atoms with Gasteiger partial charge in [-0.25, -0.2) is 8.78 Å². The van der Waals surface area contributed by atoms with E-state index in [0.717, 1.165) is 18.7 Å². The minimum absolute atomic E-state index is 0.143. The van der Waals surface area contributed by atoms with Crippen LogP contribution in [-0.2, 0) is 0 Å². The summed E-state index contributed by atoms with van der Waals surface area (Å²) in [4.78, 5) is 0. The summed E-state index contributed by atoms with van der Waals surface area (Å²) < 4.78 is 25.9. The molecule has 1 atom stereocenters. The van der Waals surface area contributed by atoms with Gasteiger partial charge >= 0.3 is 0 Å². The smallest absolute Gasteiger partial charge is 0.131 e. The molecule has 1 fully saturated rings. The molecule has 0 spiro atoms. The largest absolute Gasteiger partial charge is 0.387 e. The average molecular weight is 227 g/mol. The molecule has 0 heterocycles. The van der Waals surface area contributed by atoms with Crippen molar-refractivity contribution in [3.05, 3.63) is 35.4 Å². The molecule has 1 unspecified atom stereocenters. The molecule has 16 heavy (non-hydrogen) atoms. The molecule has 0 amide bonds. The van der Waals surface area contributed by atoms with Crippen LogP contribution in [0.5, 0.6) is 0 Å². The van der Waals surface area contributed by atoms with Crippen LogP contribution in [0.15, 0.2) is 18.2 Å². The molecule has 2 rings (SSSR count). The zero-order valence-electron chi connectivity index (χ0n) is 8.92. The molecule has 2 nitrogen and oxygen atoms in total. The third-order valence-corrected chi connectivity index (χ3v) is 2.79. The predicted molar refractivity (Wildman–Crippen MR) is 56.9 cm³/mol. The lowest BCUT2D eigenvalue weighted by Crippen LogP contribution is -2.24. The van der Waals surface area contributed by atoms with Crippen molar-refractivity contribution in [3.8, 4) is 0 Å². The Hall–Kier alpha value is -1.00. The van der Waals surface area contributed by atoms with Gasteiger partial charge < -0.3 is 10.4 Å². The summed E-state index contributed by atoms with van der Waals surface area (Å²) in [6.07, 6.45) is 1.54. The van der Waals surface area contributed by atoms with Crippen molar-refractivity contribution in [2.45, 2.75) is 18.9 Å². The van der Waals surface area contributed by atoms with Crippen molar-refractivity contribution < 1.29 is 13.9 Å². The second kappa shape index (κ2) is 4.89. The number of benzene rings is 1. The zero-order chi connectivity index (χ0) is 11.5. The number of halogens is 2. The molecule has 4 heteroatoms.